The van der Waals surface area contributed by atoms with E-state index in [0.29, 0.717) is 27.2 Å². The number of amides is 1. The number of rotatable bonds is 4. The first-order valence-electron chi connectivity index (χ1n) is 8.31. The Labute approximate surface area is 166 Å². The van der Waals surface area contributed by atoms with Crippen LogP contribution in [0.4, 0.5) is 0 Å². The van der Waals surface area contributed by atoms with Gasteiger partial charge in [0, 0.05) is 10.0 Å². The van der Waals surface area contributed by atoms with Gasteiger partial charge in [0.1, 0.15) is 23.3 Å². The molecule has 0 radical (unpaired) electrons. The summed E-state index contributed by atoms with van der Waals surface area (Å²) in [6.07, 6.45) is 0. The minimum atomic E-state index is -0.562. The lowest BCUT2D eigenvalue weighted by Crippen LogP contribution is -2.12. The Morgan fingerprint density at radius 2 is 1.74 bits per heavy atom. The third-order valence-corrected chi connectivity index (χ3v) is 4.10. The molecular weight excluding hydrogens is 406 g/mol. The van der Waals surface area contributed by atoms with Crippen LogP contribution in [0.2, 0.25) is 0 Å². The predicted octanol–water partition coefficient (Wildman–Crippen LogP) is 5.30. The van der Waals surface area contributed by atoms with Gasteiger partial charge in [-0.05, 0) is 70.5 Å². The van der Waals surface area contributed by atoms with Crippen molar-refractivity contribution in [2.45, 2.75) is 13.8 Å². The molecule has 0 unspecified atom stereocenters. The molecule has 136 valence electrons. The molecule has 1 amide bonds. The number of carbonyl (C=O) groups excluding carboxylic acids is 1. The average molecular weight is 424 g/mol. The van der Waals surface area contributed by atoms with Gasteiger partial charge >= 0.3 is 0 Å². The number of aromatic nitrogens is 1. The van der Waals surface area contributed by atoms with Crippen LogP contribution < -0.4 is 10.5 Å². The van der Waals surface area contributed by atoms with E-state index < -0.39 is 5.91 Å². The van der Waals surface area contributed by atoms with Crippen molar-refractivity contribution in [1.82, 2.24) is 4.98 Å². The molecule has 0 fully saturated rings. The SMILES string of the molecule is CC.N#Cc1ccc(Oc2ccc(-c3cccc(C(N)=O)n3)cc2)cc1Br. The molecule has 2 N–H and O–H groups in total. The number of hydrogen-bond donors (Lipinski definition) is 1. The fraction of sp³-hybridized carbons (Fsp3) is 0.0952. The number of primary amides is 1. The molecule has 3 aromatic rings. The summed E-state index contributed by atoms with van der Waals surface area (Å²) < 4.78 is 6.45. The number of halogens is 1. The van der Waals surface area contributed by atoms with Crippen molar-refractivity contribution in [2.75, 3.05) is 0 Å². The summed E-state index contributed by atoms with van der Waals surface area (Å²) >= 11 is 3.33. The Morgan fingerprint density at radius 1 is 1.07 bits per heavy atom. The summed E-state index contributed by atoms with van der Waals surface area (Å²) in [6, 6.07) is 19.7. The maximum absolute atomic E-state index is 11.2. The van der Waals surface area contributed by atoms with E-state index in [0.717, 1.165) is 5.56 Å². The van der Waals surface area contributed by atoms with Crippen molar-refractivity contribution in [2.24, 2.45) is 5.73 Å². The minimum Gasteiger partial charge on any atom is -0.457 e. The Hall–Kier alpha value is -3.17. The first kappa shape index (κ1) is 20.1. The van der Waals surface area contributed by atoms with Crippen LogP contribution >= 0.6 is 15.9 Å². The molecule has 0 saturated heterocycles. The lowest BCUT2D eigenvalue weighted by molar-refractivity contribution is 0.0995. The van der Waals surface area contributed by atoms with Crippen molar-refractivity contribution in [1.29, 1.82) is 5.26 Å². The molecule has 27 heavy (non-hydrogen) atoms. The predicted molar refractivity (Wildman–Crippen MR) is 108 cm³/mol. The smallest absolute Gasteiger partial charge is 0.267 e. The van der Waals surface area contributed by atoms with Crippen molar-refractivity contribution < 1.29 is 9.53 Å². The van der Waals surface area contributed by atoms with E-state index in [-0.39, 0.29) is 5.69 Å². The van der Waals surface area contributed by atoms with Gasteiger partial charge in [0.25, 0.3) is 5.91 Å². The van der Waals surface area contributed by atoms with Crippen LogP contribution in [0.5, 0.6) is 11.5 Å². The lowest BCUT2D eigenvalue weighted by Gasteiger charge is -2.08. The van der Waals surface area contributed by atoms with Crippen LogP contribution in [-0.2, 0) is 0 Å². The topological polar surface area (TPSA) is 89.0 Å². The van der Waals surface area contributed by atoms with Crippen LogP contribution in [0.1, 0.15) is 29.9 Å². The van der Waals surface area contributed by atoms with E-state index in [1.807, 2.05) is 26.0 Å². The second kappa shape index (κ2) is 9.51. The standard InChI is InChI=1S/C19H12BrN3O2.C2H6/c20-16-10-15(9-6-13(16)11-21)25-14-7-4-12(5-8-14)17-2-1-3-18(23-17)19(22)24;1-2/h1-10H,(H2,22,24);1-2H3. The van der Waals surface area contributed by atoms with Crippen LogP contribution in [0.15, 0.2) is 65.1 Å². The highest BCUT2D eigenvalue weighted by molar-refractivity contribution is 9.10. The molecule has 0 spiro atoms. The van der Waals surface area contributed by atoms with Gasteiger partial charge in [0.2, 0.25) is 0 Å². The summed E-state index contributed by atoms with van der Waals surface area (Å²) in [7, 11) is 0. The number of nitrogens with two attached hydrogens (primary N) is 1. The molecule has 1 aromatic heterocycles. The van der Waals surface area contributed by atoms with Crippen LogP contribution in [0.3, 0.4) is 0 Å². The zero-order valence-corrected chi connectivity index (χ0v) is 16.5. The molecule has 0 aliphatic heterocycles. The first-order valence-corrected chi connectivity index (χ1v) is 9.11. The third-order valence-electron chi connectivity index (χ3n) is 3.45. The summed E-state index contributed by atoms with van der Waals surface area (Å²) in [5.41, 5.74) is 7.53. The van der Waals surface area contributed by atoms with Gasteiger partial charge in [-0.3, -0.25) is 4.79 Å². The van der Waals surface area contributed by atoms with Crippen molar-refractivity contribution in [3.8, 4) is 28.8 Å². The van der Waals surface area contributed by atoms with E-state index in [4.69, 9.17) is 15.7 Å². The molecule has 0 bridgehead atoms. The van der Waals surface area contributed by atoms with Crippen molar-refractivity contribution in [3.63, 3.8) is 0 Å². The van der Waals surface area contributed by atoms with Gasteiger partial charge in [0.05, 0.1) is 11.3 Å². The van der Waals surface area contributed by atoms with Gasteiger partial charge in [-0.15, -0.1) is 0 Å². The van der Waals surface area contributed by atoms with Gasteiger partial charge in [-0.1, -0.05) is 19.9 Å². The number of nitrogens with zero attached hydrogens (tertiary/aromatic N) is 2. The maximum atomic E-state index is 11.2. The molecule has 0 aliphatic rings. The van der Waals surface area contributed by atoms with E-state index in [1.165, 1.54) is 0 Å². The maximum Gasteiger partial charge on any atom is 0.267 e. The highest BCUT2D eigenvalue weighted by Gasteiger charge is 2.06. The Kier molecular flexibility index (Phi) is 7.09. The first-order chi connectivity index (χ1) is 13.1. The highest BCUT2D eigenvalue weighted by atomic mass is 79.9. The van der Waals surface area contributed by atoms with E-state index >= 15 is 0 Å². The number of ether oxygens (including phenoxy) is 1. The second-order valence-electron chi connectivity index (χ2n) is 5.15. The zero-order valence-electron chi connectivity index (χ0n) is 14.9. The van der Waals surface area contributed by atoms with Gasteiger partial charge in [0.15, 0.2) is 0 Å². The molecular formula is C21H18BrN3O2. The summed E-state index contributed by atoms with van der Waals surface area (Å²) in [5, 5.41) is 8.94. The molecule has 3 rings (SSSR count). The number of nitriles is 1. The minimum absolute atomic E-state index is 0.222. The van der Waals surface area contributed by atoms with Crippen LogP contribution in [0, 0.1) is 11.3 Å². The Balaban J connectivity index is 0.00000126. The number of hydrogen-bond acceptors (Lipinski definition) is 4. The molecule has 5 nitrogen and oxygen atoms in total. The fourth-order valence-electron chi connectivity index (χ4n) is 2.21. The molecule has 0 atom stereocenters. The number of carbonyl (C=O) groups is 1. The number of pyridine rings is 1. The average Bonchev–Trinajstić information content (AvgIpc) is 2.70. The summed E-state index contributed by atoms with van der Waals surface area (Å²) in [4.78, 5) is 15.5. The Morgan fingerprint density at radius 3 is 2.33 bits per heavy atom. The van der Waals surface area contributed by atoms with Gasteiger partial charge < -0.3 is 10.5 Å². The zero-order chi connectivity index (χ0) is 19.8. The van der Waals surface area contributed by atoms with E-state index in [2.05, 4.69) is 27.0 Å². The van der Waals surface area contributed by atoms with Crippen LogP contribution in [0.25, 0.3) is 11.3 Å². The largest absolute Gasteiger partial charge is 0.457 e. The molecule has 0 saturated carbocycles. The highest BCUT2D eigenvalue weighted by Crippen LogP contribution is 2.28. The molecule has 6 heteroatoms. The summed E-state index contributed by atoms with van der Waals surface area (Å²) in [6.45, 7) is 4.00. The van der Waals surface area contributed by atoms with Crippen LogP contribution in [-0.4, -0.2) is 10.9 Å². The molecule has 1 heterocycles. The molecule has 2 aromatic carbocycles. The van der Waals surface area contributed by atoms with Gasteiger partial charge in [-0.25, -0.2) is 4.98 Å². The lowest BCUT2D eigenvalue weighted by atomic mass is 10.1. The van der Waals surface area contributed by atoms with Gasteiger partial charge in [-0.2, -0.15) is 5.26 Å². The Bertz CT molecular complexity index is 979. The van der Waals surface area contributed by atoms with Crippen molar-refractivity contribution >= 4 is 21.8 Å². The molecule has 0 aliphatic carbocycles. The van der Waals surface area contributed by atoms with Crippen molar-refractivity contribution in [3.05, 3.63) is 76.4 Å². The van der Waals surface area contributed by atoms with E-state index in [9.17, 15) is 4.79 Å². The second-order valence-corrected chi connectivity index (χ2v) is 6.01. The van der Waals surface area contributed by atoms with E-state index in [1.54, 1.807) is 48.5 Å². The monoisotopic (exact) mass is 423 g/mol. The third kappa shape index (κ3) is 5.16. The fourth-order valence-corrected chi connectivity index (χ4v) is 2.66. The normalized spacial score (nSPS) is 9.56. The summed E-state index contributed by atoms with van der Waals surface area (Å²) in [5.74, 6) is 0.701. The quantitative estimate of drug-likeness (QED) is 0.616. The number of benzene rings is 2.